The predicted molar refractivity (Wildman–Crippen MR) is 121 cm³/mol. The molecule has 4 fully saturated rings. The second-order valence-electron chi connectivity index (χ2n) is 10.6. The quantitative estimate of drug-likeness (QED) is 0.467. The lowest BCUT2D eigenvalue weighted by atomic mass is 9.49. The molecule has 0 spiro atoms. The first kappa shape index (κ1) is 22.2. The van der Waals surface area contributed by atoms with Crippen LogP contribution in [0.15, 0.2) is 0 Å². The number of carbonyl (C=O) groups excluding carboxylic acids is 1. The summed E-state index contributed by atoms with van der Waals surface area (Å²) in [5.41, 5.74) is 0.0937. The van der Waals surface area contributed by atoms with Crippen LogP contribution in [0.25, 0.3) is 0 Å². The smallest absolute Gasteiger partial charge is 0.147 e. The summed E-state index contributed by atoms with van der Waals surface area (Å²) in [5.74, 6) is 8.48. The first-order valence-corrected chi connectivity index (χ1v) is 14.7. The van der Waals surface area contributed by atoms with Crippen molar-refractivity contribution in [2.75, 3.05) is 19.5 Å². The highest BCUT2D eigenvalue weighted by atomic mass is 33.1. The SMILES string of the molecule is C=S(=O)(O)SCC(=O)C1CCC2C3CCC4CC(COC)CCC4C3CCC12C. The van der Waals surface area contributed by atoms with Crippen molar-refractivity contribution in [1.29, 1.82) is 0 Å². The van der Waals surface area contributed by atoms with Gasteiger partial charge >= 0.3 is 0 Å². The van der Waals surface area contributed by atoms with Crippen molar-refractivity contribution < 1.29 is 18.3 Å². The minimum Gasteiger partial charge on any atom is -0.384 e. The number of rotatable bonds is 6. The molecule has 4 rings (SSSR count). The average molecular weight is 443 g/mol. The van der Waals surface area contributed by atoms with Crippen LogP contribution in [-0.4, -0.2) is 39.9 Å². The summed E-state index contributed by atoms with van der Waals surface area (Å²) in [6, 6.07) is 0. The Morgan fingerprint density at radius 1 is 1.14 bits per heavy atom. The lowest BCUT2D eigenvalue weighted by Crippen LogP contribution is -2.49. The standard InChI is InChI=1S/C23H38O4S2/c1-23-11-10-18-17-6-4-15(13-27-2)12-16(17)5-7-19(18)20(23)8-9-21(23)22(24)14-28-29(3,25)26/h15-21H,3-14H2,1-2H3,(H,25,26). The van der Waals surface area contributed by atoms with Crippen molar-refractivity contribution >= 4 is 31.3 Å². The first-order valence-electron chi connectivity index (χ1n) is 11.5. The molecule has 0 amide bonds. The normalized spacial score (nSPS) is 46.2. The van der Waals surface area contributed by atoms with Crippen LogP contribution in [0.3, 0.4) is 0 Å². The fraction of sp³-hybridized carbons (Fsp3) is 0.913. The fourth-order valence-corrected chi connectivity index (χ4v) is 9.52. The molecular weight excluding hydrogens is 404 g/mol. The summed E-state index contributed by atoms with van der Waals surface area (Å²) in [5, 5.41) is 0. The lowest BCUT2D eigenvalue weighted by molar-refractivity contribution is -0.128. The van der Waals surface area contributed by atoms with Crippen LogP contribution in [0.4, 0.5) is 0 Å². The van der Waals surface area contributed by atoms with Gasteiger partial charge in [0.25, 0.3) is 0 Å². The number of carbonyl (C=O) groups is 1. The summed E-state index contributed by atoms with van der Waals surface area (Å²) >= 11 is 0. The largest absolute Gasteiger partial charge is 0.384 e. The third-order valence-corrected chi connectivity index (χ3v) is 11.5. The summed E-state index contributed by atoms with van der Waals surface area (Å²) < 4.78 is 26.4. The molecule has 0 bridgehead atoms. The maximum Gasteiger partial charge on any atom is 0.147 e. The van der Waals surface area contributed by atoms with Crippen molar-refractivity contribution in [2.24, 2.45) is 46.8 Å². The summed E-state index contributed by atoms with van der Waals surface area (Å²) in [4.78, 5) is 12.9. The van der Waals surface area contributed by atoms with E-state index in [1.807, 2.05) is 7.11 Å². The molecule has 4 aliphatic carbocycles. The average Bonchev–Trinajstić information content (AvgIpc) is 3.03. The number of hydrogen-bond donors (Lipinski definition) is 1. The van der Waals surface area contributed by atoms with E-state index in [0.717, 1.165) is 59.8 Å². The molecule has 4 nitrogen and oxygen atoms in total. The molecule has 9 atom stereocenters. The molecule has 166 valence electrons. The van der Waals surface area contributed by atoms with E-state index in [4.69, 9.17) is 4.74 Å². The lowest BCUT2D eigenvalue weighted by Gasteiger charge is -2.56. The van der Waals surface area contributed by atoms with Crippen LogP contribution < -0.4 is 0 Å². The van der Waals surface area contributed by atoms with Crippen molar-refractivity contribution in [3.63, 3.8) is 0 Å². The van der Waals surface area contributed by atoms with E-state index in [1.54, 1.807) is 0 Å². The zero-order valence-electron chi connectivity index (χ0n) is 18.0. The monoisotopic (exact) mass is 442 g/mol. The van der Waals surface area contributed by atoms with Crippen LogP contribution in [0.5, 0.6) is 0 Å². The highest BCUT2D eigenvalue weighted by Crippen LogP contribution is 2.64. The van der Waals surface area contributed by atoms with Gasteiger partial charge in [0, 0.05) is 19.6 Å². The molecule has 0 saturated heterocycles. The maximum atomic E-state index is 12.9. The van der Waals surface area contributed by atoms with E-state index in [1.165, 1.54) is 44.9 Å². The van der Waals surface area contributed by atoms with Crippen molar-refractivity contribution in [1.82, 2.24) is 0 Å². The maximum absolute atomic E-state index is 12.9. The number of ether oxygens (including phenoxy) is 1. The molecule has 0 heterocycles. The van der Waals surface area contributed by atoms with Crippen LogP contribution >= 0.6 is 10.8 Å². The van der Waals surface area contributed by atoms with Crippen LogP contribution in [0.2, 0.25) is 0 Å². The molecule has 9 unspecified atom stereocenters. The zero-order chi connectivity index (χ0) is 20.8. The second-order valence-corrected chi connectivity index (χ2v) is 14.5. The van der Waals surface area contributed by atoms with E-state index in [-0.39, 0.29) is 22.9 Å². The van der Waals surface area contributed by atoms with E-state index in [9.17, 15) is 13.6 Å². The van der Waals surface area contributed by atoms with Gasteiger partial charge in [-0.2, -0.15) is 0 Å². The fourth-order valence-electron chi connectivity index (χ4n) is 8.12. The summed E-state index contributed by atoms with van der Waals surface area (Å²) in [6.45, 7) is 3.28. The number of hydrogen-bond acceptors (Lipinski definition) is 4. The van der Waals surface area contributed by atoms with E-state index in [0.29, 0.717) is 5.92 Å². The highest BCUT2D eigenvalue weighted by molar-refractivity contribution is 8.73. The summed E-state index contributed by atoms with van der Waals surface area (Å²) in [7, 11) is -0.501. The van der Waals surface area contributed by atoms with Gasteiger partial charge in [0.05, 0.1) is 5.75 Å². The number of fused-ring (bicyclic) bond motifs is 5. The summed E-state index contributed by atoms with van der Waals surface area (Å²) in [6.07, 6.45) is 11.3. The molecule has 0 aliphatic heterocycles. The molecular formula is C23H38O4S2. The van der Waals surface area contributed by atoms with Gasteiger partial charge in [0.15, 0.2) is 0 Å². The topological polar surface area (TPSA) is 63.6 Å². The Morgan fingerprint density at radius 2 is 1.90 bits per heavy atom. The molecule has 1 N–H and O–H groups in total. The van der Waals surface area contributed by atoms with Crippen molar-refractivity contribution in [2.45, 2.75) is 64.7 Å². The Kier molecular flexibility index (Phi) is 6.48. The van der Waals surface area contributed by atoms with E-state index < -0.39 is 8.83 Å². The number of Topliss-reactive ketones (excluding diaryl/α,β-unsaturated/α-hetero) is 1. The molecule has 0 radical (unpaired) electrons. The minimum atomic E-state index is -3.15. The van der Waals surface area contributed by atoms with Crippen molar-refractivity contribution in [3.05, 3.63) is 0 Å². The molecule has 0 aromatic heterocycles. The van der Waals surface area contributed by atoms with Crippen molar-refractivity contribution in [3.8, 4) is 0 Å². The van der Waals surface area contributed by atoms with Gasteiger partial charge in [0.2, 0.25) is 0 Å². The van der Waals surface area contributed by atoms with Crippen LogP contribution in [-0.2, 0) is 18.4 Å². The van der Waals surface area contributed by atoms with E-state index in [2.05, 4.69) is 12.8 Å². The Labute approximate surface area is 180 Å². The van der Waals surface area contributed by atoms with Gasteiger partial charge < -0.3 is 9.29 Å². The number of ketones is 1. The predicted octanol–water partition coefficient (Wildman–Crippen LogP) is 4.92. The number of methoxy groups -OCH3 is 1. The van der Waals surface area contributed by atoms with Gasteiger partial charge in [-0.05, 0) is 115 Å². The first-order chi connectivity index (χ1) is 13.7. The van der Waals surface area contributed by atoms with Gasteiger partial charge in [-0.1, -0.05) is 6.92 Å². The van der Waals surface area contributed by atoms with Gasteiger partial charge in [0.1, 0.15) is 14.6 Å². The van der Waals surface area contributed by atoms with Crippen LogP contribution in [0, 0.1) is 46.8 Å². The third kappa shape index (κ3) is 4.33. The highest BCUT2D eigenvalue weighted by Gasteiger charge is 2.58. The molecule has 6 heteroatoms. The Bertz CT molecular complexity index is 720. The third-order valence-electron chi connectivity index (χ3n) is 9.24. The molecule has 4 aliphatic rings. The van der Waals surface area contributed by atoms with Gasteiger partial charge in [-0.3, -0.25) is 4.79 Å². The zero-order valence-corrected chi connectivity index (χ0v) is 19.6. The molecule has 4 saturated carbocycles. The molecule has 0 aromatic rings. The Morgan fingerprint density at radius 3 is 2.62 bits per heavy atom. The Hall–Kier alpha value is -0.0400. The van der Waals surface area contributed by atoms with Gasteiger partial charge in [-0.25, -0.2) is 4.21 Å². The minimum absolute atomic E-state index is 0.0675. The van der Waals surface area contributed by atoms with E-state index >= 15 is 0 Å². The Balaban J connectivity index is 1.43. The molecule has 0 aromatic carbocycles. The second kappa shape index (κ2) is 8.48. The van der Waals surface area contributed by atoms with Crippen LogP contribution in [0.1, 0.15) is 64.7 Å². The van der Waals surface area contributed by atoms with Gasteiger partial charge in [-0.15, -0.1) is 0 Å². The molecule has 29 heavy (non-hydrogen) atoms.